The first-order chi connectivity index (χ1) is 6.73. The van der Waals surface area contributed by atoms with Gasteiger partial charge in [-0.1, -0.05) is 0 Å². The summed E-state index contributed by atoms with van der Waals surface area (Å²) in [5.74, 6) is 0. The van der Waals surface area contributed by atoms with Gasteiger partial charge in [-0.25, -0.2) is 0 Å². The number of hydrogen-bond donors (Lipinski definition) is 0. The fraction of sp³-hybridized carbons (Fsp3) is 1.00. The summed E-state index contributed by atoms with van der Waals surface area (Å²) in [4.78, 5) is 0. The van der Waals surface area contributed by atoms with E-state index in [0.29, 0.717) is 0 Å². The van der Waals surface area contributed by atoms with Crippen molar-refractivity contribution in [1.82, 2.24) is 0 Å². The SMILES string of the molecule is C1CCOC1.C1CCOC1.[Cl][Y]([Cl])[Cl]. The van der Waals surface area contributed by atoms with E-state index < -0.39 is 23.3 Å². The first kappa shape index (κ1) is 15.9. The number of ether oxygens (including phenoxy) is 2. The van der Waals surface area contributed by atoms with E-state index in [1.807, 2.05) is 0 Å². The summed E-state index contributed by atoms with van der Waals surface area (Å²) in [6, 6.07) is 0. The van der Waals surface area contributed by atoms with Gasteiger partial charge >= 0.3 is 45.3 Å². The van der Waals surface area contributed by atoms with Crippen molar-refractivity contribution in [1.29, 1.82) is 0 Å². The van der Waals surface area contributed by atoms with Crippen LogP contribution >= 0.6 is 22.0 Å². The molecule has 0 spiro atoms. The summed E-state index contributed by atoms with van der Waals surface area (Å²) in [6.45, 7) is 4.00. The van der Waals surface area contributed by atoms with Crippen LogP contribution in [0.4, 0.5) is 0 Å². The molecule has 0 amide bonds. The molecule has 0 aliphatic carbocycles. The van der Waals surface area contributed by atoms with Gasteiger partial charge in [0.05, 0.1) is 0 Å². The summed E-state index contributed by atoms with van der Waals surface area (Å²) in [5.41, 5.74) is 0. The van der Waals surface area contributed by atoms with E-state index in [9.17, 15) is 0 Å². The topological polar surface area (TPSA) is 18.5 Å². The van der Waals surface area contributed by atoms with Gasteiger partial charge in [0.25, 0.3) is 0 Å². The van der Waals surface area contributed by atoms with Crippen LogP contribution in [0.5, 0.6) is 0 Å². The molecule has 2 nitrogen and oxygen atoms in total. The van der Waals surface area contributed by atoms with Crippen LogP contribution in [0.15, 0.2) is 0 Å². The Bertz CT molecular complexity index is 80.8. The number of halogens is 3. The van der Waals surface area contributed by atoms with Crippen molar-refractivity contribution in [3.8, 4) is 0 Å². The Morgan fingerprint density at radius 3 is 0.929 bits per heavy atom. The molecular formula is C8H16Cl3O2Y. The Morgan fingerprint density at radius 1 is 0.643 bits per heavy atom. The standard InChI is InChI=1S/2C4H8O.3ClH.Y/c2*1-2-4-5-3-1;;;;/h2*1-4H2;3*1H;/q;;;;;+3/p-3. The summed E-state index contributed by atoms with van der Waals surface area (Å²) >= 11 is -2.22. The molecular weight excluding hydrogens is 323 g/mol. The van der Waals surface area contributed by atoms with Gasteiger partial charge in [-0.15, -0.1) is 0 Å². The van der Waals surface area contributed by atoms with Crippen LogP contribution in [0.3, 0.4) is 0 Å². The number of rotatable bonds is 0. The van der Waals surface area contributed by atoms with Gasteiger partial charge in [0, 0.05) is 26.4 Å². The van der Waals surface area contributed by atoms with E-state index in [1.54, 1.807) is 0 Å². The van der Waals surface area contributed by atoms with Crippen LogP contribution in [-0.2, 0) is 32.8 Å². The molecule has 6 heteroatoms. The minimum atomic E-state index is -2.22. The van der Waals surface area contributed by atoms with Gasteiger partial charge in [0.15, 0.2) is 0 Å². The van der Waals surface area contributed by atoms with Gasteiger partial charge in [0.2, 0.25) is 0 Å². The predicted octanol–water partition coefficient (Wildman–Crippen LogP) is 3.66. The summed E-state index contributed by atoms with van der Waals surface area (Å²) in [6.07, 6.45) is 5.11. The third-order valence-electron chi connectivity index (χ3n) is 1.65. The molecule has 14 heavy (non-hydrogen) atoms. The van der Waals surface area contributed by atoms with Crippen molar-refractivity contribution in [3.05, 3.63) is 0 Å². The van der Waals surface area contributed by atoms with Crippen molar-refractivity contribution in [2.24, 2.45) is 0 Å². The molecule has 0 saturated carbocycles. The van der Waals surface area contributed by atoms with Gasteiger partial charge in [-0.05, 0) is 25.7 Å². The first-order valence-electron chi connectivity index (χ1n) is 4.81. The van der Waals surface area contributed by atoms with Crippen LogP contribution in [0.2, 0.25) is 0 Å². The Morgan fingerprint density at radius 2 is 0.857 bits per heavy atom. The Labute approximate surface area is 106 Å². The number of hydrogen-bond acceptors (Lipinski definition) is 2. The average molecular weight is 339 g/mol. The summed E-state index contributed by atoms with van der Waals surface area (Å²) in [7, 11) is 15.0. The van der Waals surface area contributed by atoms with Crippen LogP contribution in [0, 0.1) is 0 Å². The maximum atomic E-state index is 5.02. The quantitative estimate of drug-likeness (QED) is 0.670. The van der Waals surface area contributed by atoms with E-state index in [2.05, 4.69) is 0 Å². The second kappa shape index (κ2) is 13.0. The van der Waals surface area contributed by atoms with E-state index in [-0.39, 0.29) is 0 Å². The first-order valence-corrected chi connectivity index (χ1v) is 15.8. The van der Waals surface area contributed by atoms with Crippen molar-refractivity contribution in [3.63, 3.8) is 0 Å². The van der Waals surface area contributed by atoms with E-state index >= 15 is 0 Å². The van der Waals surface area contributed by atoms with Crippen LogP contribution in [0.1, 0.15) is 25.7 Å². The van der Waals surface area contributed by atoms with Gasteiger partial charge in [0.1, 0.15) is 0 Å². The monoisotopic (exact) mass is 338 g/mol. The Hall–Kier alpha value is 1.89. The molecule has 0 N–H and O–H groups in total. The zero-order valence-corrected chi connectivity index (χ0v) is 13.3. The van der Waals surface area contributed by atoms with Gasteiger partial charge in [-0.2, -0.15) is 0 Å². The normalized spacial score (nSPS) is 19.1. The van der Waals surface area contributed by atoms with Crippen LogP contribution in [-0.4, -0.2) is 26.4 Å². The van der Waals surface area contributed by atoms with Crippen LogP contribution < -0.4 is 0 Å². The van der Waals surface area contributed by atoms with Gasteiger partial charge in [-0.3, -0.25) is 0 Å². The second-order valence-electron chi connectivity index (χ2n) is 2.89. The molecule has 0 aromatic carbocycles. The van der Waals surface area contributed by atoms with E-state index in [0.717, 1.165) is 26.4 Å². The zero-order chi connectivity index (χ0) is 10.6. The summed E-state index contributed by atoms with van der Waals surface area (Å²) < 4.78 is 9.89. The fourth-order valence-electron chi connectivity index (χ4n) is 1.02. The summed E-state index contributed by atoms with van der Waals surface area (Å²) in [5, 5.41) is 0. The molecule has 0 atom stereocenters. The zero-order valence-electron chi connectivity index (χ0n) is 8.18. The van der Waals surface area contributed by atoms with Crippen molar-refractivity contribution in [2.45, 2.75) is 25.7 Å². The third-order valence-corrected chi connectivity index (χ3v) is 1.65. The molecule has 2 fully saturated rings. The van der Waals surface area contributed by atoms with E-state index in [4.69, 9.17) is 31.5 Å². The van der Waals surface area contributed by atoms with Gasteiger partial charge < -0.3 is 9.47 Å². The molecule has 2 saturated heterocycles. The molecule has 0 unspecified atom stereocenters. The van der Waals surface area contributed by atoms with Crippen molar-refractivity contribution in [2.75, 3.05) is 26.4 Å². The molecule has 0 aromatic rings. The molecule has 2 heterocycles. The molecule has 84 valence electrons. The Kier molecular flexibility index (Phi) is 14.7. The van der Waals surface area contributed by atoms with Crippen LogP contribution in [0.25, 0.3) is 0 Å². The average Bonchev–Trinajstić information content (AvgIpc) is 2.83. The molecule has 0 aromatic heterocycles. The minimum absolute atomic E-state index is 1.00. The third kappa shape index (κ3) is 16.3. The second-order valence-corrected chi connectivity index (χ2v) is 15.8. The molecule has 2 aliphatic rings. The molecule has 0 bridgehead atoms. The molecule has 0 radical (unpaired) electrons. The van der Waals surface area contributed by atoms with Crippen molar-refractivity contribution < 1.29 is 32.8 Å². The van der Waals surface area contributed by atoms with E-state index in [1.165, 1.54) is 25.7 Å². The predicted molar refractivity (Wildman–Crippen MR) is 57.7 cm³/mol. The van der Waals surface area contributed by atoms with Crippen molar-refractivity contribution >= 4 is 22.0 Å². The fourth-order valence-corrected chi connectivity index (χ4v) is 1.02. The molecule has 2 rings (SSSR count). The maximum absolute atomic E-state index is 5.02. The Balaban J connectivity index is 0.000000183. The molecule has 2 aliphatic heterocycles.